The van der Waals surface area contributed by atoms with E-state index in [1.54, 1.807) is 41.6 Å². The van der Waals surface area contributed by atoms with E-state index in [0.717, 1.165) is 11.3 Å². The number of amidine groups is 1. The first-order chi connectivity index (χ1) is 20.2. The van der Waals surface area contributed by atoms with Gasteiger partial charge in [0.15, 0.2) is 11.5 Å². The molecule has 1 aromatic carbocycles. The van der Waals surface area contributed by atoms with Crippen molar-refractivity contribution < 1.29 is 9.59 Å². The molecule has 0 fully saturated rings. The molecule has 0 aliphatic rings. The topological polar surface area (TPSA) is 177 Å². The van der Waals surface area contributed by atoms with Gasteiger partial charge in [-0.3, -0.25) is 24.6 Å². The van der Waals surface area contributed by atoms with Crippen LogP contribution in [-0.4, -0.2) is 47.0 Å². The number of primary amides is 1. The summed E-state index contributed by atoms with van der Waals surface area (Å²) in [4.78, 5) is 32.5. The Hall–Kier alpha value is -5.70. The van der Waals surface area contributed by atoms with Crippen molar-refractivity contribution in [2.24, 2.45) is 12.8 Å². The highest BCUT2D eigenvalue weighted by atomic mass is 16.2. The molecule has 216 valence electrons. The van der Waals surface area contributed by atoms with Crippen molar-refractivity contribution in [3.8, 4) is 11.8 Å². The number of aromatic nitrogens is 6. The second-order valence-corrected chi connectivity index (χ2v) is 8.57. The molecule has 0 saturated carbocycles. The summed E-state index contributed by atoms with van der Waals surface area (Å²) in [7, 11) is 1.86. The molecule has 0 atom stereocenters. The molecule has 0 radical (unpaired) electrons. The number of aromatic amines is 1. The number of para-hydroxylation sites is 1. The third-order valence-corrected chi connectivity index (χ3v) is 6.02. The predicted molar refractivity (Wildman–Crippen MR) is 163 cm³/mol. The van der Waals surface area contributed by atoms with Crippen molar-refractivity contribution in [1.82, 2.24) is 29.4 Å². The molecule has 0 unspecified atom stereocenters. The maximum atomic E-state index is 13.2. The molecule has 2 amide bonds. The average molecular weight is 567 g/mol. The fourth-order valence-corrected chi connectivity index (χ4v) is 3.79. The number of anilines is 2. The van der Waals surface area contributed by atoms with Crippen LogP contribution in [0.5, 0.6) is 0 Å². The number of nitrogen functional groups attached to an aromatic ring is 1. The molecule has 0 aliphatic heterocycles. The van der Waals surface area contributed by atoms with E-state index in [1.807, 2.05) is 65.1 Å². The second kappa shape index (κ2) is 14.1. The van der Waals surface area contributed by atoms with Gasteiger partial charge < -0.3 is 16.5 Å². The van der Waals surface area contributed by atoms with Gasteiger partial charge in [-0.25, -0.2) is 9.50 Å². The minimum Gasteiger partial charge on any atom is -0.381 e. The Morgan fingerprint density at radius 2 is 1.79 bits per heavy atom. The van der Waals surface area contributed by atoms with Crippen molar-refractivity contribution in [2.45, 2.75) is 34.1 Å². The number of aryl methyl sites for hydroxylation is 1. The summed E-state index contributed by atoms with van der Waals surface area (Å²) in [5.41, 5.74) is 14.5. The number of hydrogen-bond donors (Lipinski definition) is 4. The van der Waals surface area contributed by atoms with Crippen LogP contribution in [0.1, 0.15) is 64.9 Å². The molecule has 5 rings (SSSR count). The summed E-state index contributed by atoms with van der Waals surface area (Å²) < 4.78 is 3.17. The number of carbonyl (C=O) groups is 2. The monoisotopic (exact) mass is 566 g/mol. The van der Waals surface area contributed by atoms with E-state index >= 15 is 0 Å². The lowest BCUT2D eigenvalue weighted by atomic mass is 10.1. The fraction of sp³-hybridized carbons (Fsp3) is 0.200. The van der Waals surface area contributed by atoms with Crippen molar-refractivity contribution >= 4 is 34.8 Å². The molecular weight excluding hydrogens is 532 g/mol. The van der Waals surface area contributed by atoms with Gasteiger partial charge >= 0.3 is 0 Å². The Kier molecular flexibility index (Phi) is 10.3. The van der Waals surface area contributed by atoms with Crippen LogP contribution in [0.15, 0.2) is 67.3 Å². The Balaban J connectivity index is 0.000000269. The van der Waals surface area contributed by atoms with E-state index in [1.165, 1.54) is 9.42 Å². The van der Waals surface area contributed by atoms with Crippen LogP contribution in [0.25, 0.3) is 5.65 Å². The molecule has 0 saturated heterocycles. The number of amides is 2. The van der Waals surface area contributed by atoms with Crippen LogP contribution in [0.2, 0.25) is 0 Å². The second-order valence-electron chi connectivity index (χ2n) is 8.57. The normalized spacial score (nSPS) is 9.93. The van der Waals surface area contributed by atoms with Gasteiger partial charge in [-0.15, -0.1) is 5.10 Å². The maximum absolute atomic E-state index is 13.2. The van der Waals surface area contributed by atoms with Gasteiger partial charge in [0.2, 0.25) is 0 Å². The lowest BCUT2D eigenvalue weighted by Gasteiger charge is -2.22. The third-order valence-electron chi connectivity index (χ3n) is 6.02. The Bertz CT molecular complexity index is 1750. The molecule has 0 spiro atoms. The van der Waals surface area contributed by atoms with E-state index in [9.17, 15) is 9.59 Å². The highest BCUT2D eigenvalue weighted by Gasteiger charge is 2.24. The number of H-pyrrole nitrogens is 1. The molecule has 5 aromatic rings. The van der Waals surface area contributed by atoms with Crippen LogP contribution >= 0.6 is 0 Å². The highest BCUT2D eigenvalue weighted by Crippen LogP contribution is 2.20. The van der Waals surface area contributed by atoms with Gasteiger partial charge in [0.25, 0.3) is 11.8 Å². The van der Waals surface area contributed by atoms with Gasteiger partial charge in [0.1, 0.15) is 17.1 Å². The minimum atomic E-state index is -0.619. The van der Waals surface area contributed by atoms with Crippen LogP contribution in [0.3, 0.4) is 0 Å². The standard InChI is InChI=1S/C21H21N5O.C7H7N5O.C2H6/c1-4-19(22)26(18-8-6-5-7-9-18)21(27)20-16(12-13-23-20)10-11-17-14-24-25(3)15(17)2;8-5-4(6(9)13)7-10-2-1-3-12(7)11-5;1-2/h5-9,12-14,22-23H,4H2,1-3H3;1-3H,(H2,8,11)(H2,9,13);1-2H3. The highest BCUT2D eigenvalue weighted by molar-refractivity contribution is 6.21. The van der Waals surface area contributed by atoms with Crippen LogP contribution < -0.4 is 16.4 Å². The van der Waals surface area contributed by atoms with Gasteiger partial charge in [-0.2, -0.15) is 5.10 Å². The number of benzene rings is 1. The lowest BCUT2D eigenvalue weighted by Crippen LogP contribution is -2.36. The average Bonchev–Trinajstić information content (AvgIpc) is 3.70. The summed E-state index contributed by atoms with van der Waals surface area (Å²) >= 11 is 0. The number of nitrogens with two attached hydrogens (primary N) is 2. The summed E-state index contributed by atoms with van der Waals surface area (Å²) in [6.07, 6.45) is 7.02. The molecule has 42 heavy (non-hydrogen) atoms. The zero-order valence-electron chi connectivity index (χ0n) is 24.2. The Morgan fingerprint density at radius 1 is 1.10 bits per heavy atom. The van der Waals surface area contributed by atoms with Crippen LogP contribution in [0, 0.1) is 24.2 Å². The van der Waals surface area contributed by atoms with Crippen LogP contribution in [0.4, 0.5) is 11.5 Å². The molecule has 4 heterocycles. The fourth-order valence-electron chi connectivity index (χ4n) is 3.79. The number of nitrogens with one attached hydrogen (secondary N) is 2. The first-order valence-corrected chi connectivity index (χ1v) is 13.3. The van der Waals surface area contributed by atoms with E-state index < -0.39 is 5.91 Å². The number of rotatable bonds is 4. The third kappa shape index (κ3) is 6.71. The first kappa shape index (κ1) is 30.8. The Labute approximate surface area is 243 Å². The SMILES string of the molecule is CC.CCC(=N)N(C(=O)c1[nH]ccc1C#Cc1cnn(C)c1C)c1ccccc1.NC(=O)c1c(N)nn2cccnc12. The zero-order chi connectivity index (χ0) is 30.8. The maximum Gasteiger partial charge on any atom is 0.281 e. The molecule has 0 aliphatic carbocycles. The summed E-state index contributed by atoms with van der Waals surface area (Å²) in [5.74, 6) is 5.54. The molecule has 0 bridgehead atoms. The van der Waals surface area contributed by atoms with E-state index in [4.69, 9.17) is 16.9 Å². The quantitative estimate of drug-likeness (QED) is 0.145. The van der Waals surface area contributed by atoms with Crippen molar-refractivity contribution in [1.29, 1.82) is 5.41 Å². The van der Waals surface area contributed by atoms with Crippen molar-refractivity contribution in [3.05, 3.63) is 95.3 Å². The van der Waals surface area contributed by atoms with Gasteiger partial charge in [0.05, 0.1) is 28.7 Å². The lowest BCUT2D eigenvalue weighted by molar-refractivity contribution is 0.0991. The summed E-state index contributed by atoms with van der Waals surface area (Å²) in [6, 6.07) is 12.7. The Morgan fingerprint density at radius 3 is 2.40 bits per heavy atom. The number of hydrogen-bond acceptors (Lipinski definition) is 7. The molecular formula is C30H34N10O2. The molecule has 4 aromatic heterocycles. The summed E-state index contributed by atoms with van der Waals surface area (Å²) in [6.45, 7) is 7.80. The van der Waals surface area contributed by atoms with E-state index in [2.05, 4.69) is 32.0 Å². The molecule has 12 heteroatoms. The number of carbonyl (C=O) groups excluding carboxylic acids is 2. The van der Waals surface area contributed by atoms with E-state index in [-0.39, 0.29) is 23.1 Å². The molecule has 6 N–H and O–H groups in total. The molecule has 12 nitrogen and oxygen atoms in total. The van der Waals surface area contributed by atoms with Crippen LogP contribution in [-0.2, 0) is 7.05 Å². The van der Waals surface area contributed by atoms with Gasteiger partial charge in [-0.05, 0) is 31.2 Å². The first-order valence-electron chi connectivity index (χ1n) is 13.3. The van der Waals surface area contributed by atoms with E-state index in [0.29, 0.717) is 29.0 Å². The van der Waals surface area contributed by atoms with Crippen molar-refractivity contribution in [3.63, 3.8) is 0 Å². The largest absolute Gasteiger partial charge is 0.381 e. The van der Waals surface area contributed by atoms with Gasteiger partial charge in [0, 0.05) is 32.1 Å². The van der Waals surface area contributed by atoms with Crippen molar-refractivity contribution in [2.75, 3.05) is 10.6 Å². The predicted octanol–water partition coefficient (Wildman–Crippen LogP) is 3.93. The minimum absolute atomic E-state index is 0.103. The smallest absolute Gasteiger partial charge is 0.281 e. The summed E-state index contributed by atoms with van der Waals surface area (Å²) in [5, 5.41) is 16.3. The van der Waals surface area contributed by atoms with Gasteiger partial charge in [-0.1, -0.05) is 50.8 Å². The number of fused-ring (bicyclic) bond motifs is 1. The number of nitrogens with zero attached hydrogens (tertiary/aromatic N) is 6. The zero-order valence-corrected chi connectivity index (χ0v) is 24.2.